The Balaban J connectivity index is 1.82. The summed E-state index contributed by atoms with van der Waals surface area (Å²) in [5.41, 5.74) is 1.11. The number of rotatable bonds is 3. The molecule has 0 radical (unpaired) electrons. The molecule has 4 rings (SSSR count). The van der Waals surface area contributed by atoms with E-state index < -0.39 is 11.6 Å². The molecule has 0 unspecified atom stereocenters. The minimum absolute atomic E-state index is 0.0246. The molecule has 0 spiro atoms. The highest BCUT2D eigenvalue weighted by Crippen LogP contribution is 2.30. The zero-order valence-corrected chi connectivity index (χ0v) is 14.8. The molecule has 0 bridgehead atoms. The van der Waals surface area contributed by atoms with Gasteiger partial charge in [-0.05, 0) is 35.9 Å². The number of phenolic OH excluding ortho intramolecular Hbond substituents is 1. The Morgan fingerprint density at radius 1 is 1.26 bits per heavy atom. The lowest BCUT2D eigenvalue weighted by Crippen LogP contribution is -2.22. The van der Waals surface area contributed by atoms with Crippen LogP contribution in [0.2, 0.25) is 0 Å². The van der Waals surface area contributed by atoms with Gasteiger partial charge in [0.15, 0.2) is 22.3 Å². The average Bonchev–Trinajstić information content (AvgIpc) is 3.18. The zero-order valence-electron chi connectivity index (χ0n) is 13.9. The SMILES string of the molecule is COc1cc(/C=c2\sc3nc(-c4cccc(F)c4)cn3c2=O)cc(F)c1O. The van der Waals surface area contributed by atoms with Gasteiger partial charge in [-0.25, -0.2) is 13.8 Å². The number of fused-ring (bicyclic) bond motifs is 1. The van der Waals surface area contributed by atoms with Gasteiger partial charge in [0.25, 0.3) is 5.56 Å². The first kappa shape index (κ1) is 17.2. The average molecular weight is 386 g/mol. The van der Waals surface area contributed by atoms with E-state index in [1.807, 2.05) is 0 Å². The van der Waals surface area contributed by atoms with Crippen LogP contribution >= 0.6 is 11.3 Å². The highest BCUT2D eigenvalue weighted by atomic mass is 32.1. The predicted octanol–water partition coefficient (Wildman–Crippen LogP) is 2.96. The Morgan fingerprint density at radius 3 is 2.78 bits per heavy atom. The first-order valence-corrected chi connectivity index (χ1v) is 8.64. The van der Waals surface area contributed by atoms with Gasteiger partial charge < -0.3 is 9.84 Å². The van der Waals surface area contributed by atoms with Gasteiger partial charge in [-0.2, -0.15) is 0 Å². The summed E-state index contributed by atoms with van der Waals surface area (Å²) >= 11 is 1.13. The van der Waals surface area contributed by atoms with Crippen molar-refractivity contribution < 1.29 is 18.6 Å². The Morgan fingerprint density at radius 2 is 2.07 bits per heavy atom. The fourth-order valence-electron chi connectivity index (χ4n) is 2.70. The minimum Gasteiger partial charge on any atom is -0.502 e. The van der Waals surface area contributed by atoms with Crippen LogP contribution in [0.4, 0.5) is 8.78 Å². The van der Waals surface area contributed by atoms with Crippen molar-refractivity contribution in [3.63, 3.8) is 0 Å². The summed E-state index contributed by atoms with van der Waals surface area (Å²) in [5.74, 6) is -1.84. The van der Waals surface area contributed by atoms with Crippen molar-refractivity contribution in [3.05, 3.63) is 74.7 Å². The summed E-state index contributed by atoms with van der Waals surface area (Å²) in [5, 5.41) is 9.57. The molecule has 27 heavy (non-hydrogen) atoms. The van der Waals surface area contributed by atoms with Crippen molar-refractivity contribution in [3.8, 4) is 22.8 Å². The number of thiazole rings is 1. The van der Waals surface area contributed by atoms with Gasteiger partial charge in [0, 0.05) is 11.8 Å². The van der Waals surface area contributed by atoms with Crippen LogP contribution in [0.25, 0.3) is 22.3 Å². The lowest BCUT2D eigenvalue weighted by Gasteiger charge is -2.04. The monoisotopic (exact) mass is 386 g/mol. The maximum Gasteiger partial charge on any atom is 0.274 e. The molecule has 136 valence electrons. The summed E-state index contributed by atoms with van der Waals surface area (Å²) in [6.45, 7) is 0. The maximum atomic E-state index is 13.8. The van der Waals surface area contributed by atoms with E-state index >= 15 is 0 Å². The minimum atomic E-state index is -0.845. The van der Waals surface area contributed by atoms with Crippen LogP contribution in [0.3, 0.4) is 0 Å². The number of phenols is 1. The molecule has 8 heteroatoms. The second-order valence-electron chi connectivity index (χ2n) is 5.76. The standard InChI is InChI=1S/C19H12F2N2O3S/c1-26-15-6-10(5-13(21)17(15)24)7-16-18(25)23-9-14(22-19(23)27-16)11-3-2-4-12(20)8-11/h2-9,24H,1H3/b16-7-. The van der Waals surface area contributed by atoms with Crippen molar-refractivity contribution in [1.82, 2.24) is 9.38 Å². The quantitative estimate of drug-likeness (QED) is 0.588. The number of aromatic hydroxyl groups is 1. The van der Waals surface area contributed by atoms with E-state index in [1.165, 1.54) is 42.0 Å². The third-order valence-corrected chi connectivity index (χ3v) is 4.98. The van der Waals surface area contributed by atoms with Crippen molar-refractivity contribution in [2.75, 3.05) is 7.11 Å². The fraction of sp³-hybridized carbons (Fsp3) is 0.0526. The van der Waals surface area contributed by atoms with Crippen LogP contribution in [-0.2, 0) is 0 Å². The Kier molecular flexibility index (Phi) is 4.12. The summed E-state index contributed by atoms with van der Waals surface area (Å²) in [7, 11) is 1.31. The molecule has 5 nitrogen and oxygen atoms in total. The van der Waals surface area contributed by atoms with Crippen LogP contribution < -0.4 is 14.8 Å². The molecular weight excluding hydrogens is 374 g/mol. The molecule has 0 aliphatic heterocycles. The molecule has 0 saturated carbocycles. The van der Waals surface area contributed by atoms with E-state index in [0.717, 1.165) is 17.4 Å². The molecule has 0 saturated heterocycles. The number of imidazole rings is 1. The van der Waals surface area contributed by atoms with E-state index in [-0.39, 0.29) is 17.1 Å². The number of ether oxygens (including phenoxy) is 1. The van der Waals surface area contributed by atoms with Gasteiger partial charge in [-0.3, -0.25) is 9.20 Å². The number of aromatic nitrogens is 2. The first-order valence-electron chi connectivity index (χ1n) is 7.82. The van der Waals surface area contributed by atoms with E-state index in [4.69, 9.17) is 4.74 Å². The molecule has 0 atom stereocenters. The number of halogens is 2. The van der Waals surface area contributed by atoms with E-state index in [1.54, 1.807) is 12.1 Å². The van der Waals surface area contributed by atoms with Gasteiger partial charge in [0.2, 0.25) is 0 Å². The Bertz CT molecular complexity index is 1280. The van der Waals surface area contributed by atoms with Gasteiger partial charge in [-0.1, -0.05) is 23.5 Å². The topological polar surface area (TPSA) is 63.8 Å². The number of nitrogens with zero attached hydrogens (tertiary/aromatic N) is 2. The van der Waals surface area contributed by atoms with E-state index in [2.05, 4.69) is 4.98 Å². The second kappa shape index (κ2) is 6.48. The molecule has 4 aromatic rings. The molecule has 2 heterocycles. The predicted molar refractivity (Wildman–Crippen MR) is 98.1 cm³/mol. The van der Waals surface area contributed by atoms with Crippen molar-refractivity contribution in [2.45, 2.75) is 0 Å². The summed E-state index contributed by atoms with van der Waals surface area (Å²) in [4.78, 5) is 17.4. The number of hydrogen-bond acceptors (Lipinski definition) is 5. The van der Waals surface area contributed by atoms with Gasteiger partial charge >= 0.3 is 0 Å². The number of methoxy groups -OCH3 is 1. The first-order chi connectivity index (χ1) is 13.0. The largest absolute Gasteiger partial charge is 0.502 e. The third-order valence-electron chi connectivity index (χ3n) is 3.99. The third kappa shape index (κ3) is 3.04. The van der Waals surface area contributed by atoms with Crippen LogP contribution in [-0.4, -0.2) is 21.6 Å². The van der Waals surface area contributed by atoms with Gasteiger partial charge in [-0.15, -0.1) is 0 Å². The lowest BCUT2D eigenvalue weighted by atomic mass is 10.2. The number of hydrogen-bond donors (Lipinski definition) is 1. The second-order valence-corrected chi connectivity index (χ2v) is 6.77. The van der Waals surface area contributed by atoms with Crippen molar-refractivity contribution >= 4 is 22.4 Å². The molecule has 2 aromatic heterocycles. The highest BCUT2D eigenvalue weighted by molar-refractivity contribution is 7.15. The van der Waals surface area contributed by atoms with Crippen LogP contribution in [0.1, 0.15) is 5.56 Å². The summed E-state index contributed by atoms with van der Waals surface area (Å²) in [6, 6.07) is 8.49. The van der Waals surface area contributed by atoms with Crippen LogP contribution in [0.5, 0.6) is 11.5 Å². The molecule has 0 aliphatic rings. The number of benzene rings is 2. The normalized spacial score (nSPS) is 12.0. The van der Waals surface area contributed by atoms with E-state index in [0.29, 0.717) is 26.3 Å². The maximum absolute atomic E-state index is 13.8. The zero-order chi connectivity index (χ0) is 19.1. The van der Waals surface area contributed by atoms with Gasteiger partial charge in [0.1, 0.15) is 5.82 Å². The Labute approximate surface area is 155 Å². The smallest absolute Gasteiger partial charge is 0.274 e. The van der Waals surface area contributed by atoms with Crippen LogP contribution in [0.15, 0.2) is 47.4 Å². The molecule has 0 amide bonds. The van der Waals surface area contributed by atoms with E-state index in [9.17, 15) is 18.7 Å². The molecule has 0 aliphatic carbocycles. The molecule has 2 aromatic carbocycles. The van der Waals surface area contributed by atoms with Crippen molar-refractivity contribution in [1.29, 1.82) is 0 Å². The lowest BCUT2D eigenvalue weighted by molar-refractivity contribution is 0.357. The van der Waals surface area contributed by atoms with Gasteiger partial charge in [0.05, 0.1) is 17.3 Å². The molecule has 1 N–H and O–H groups in total. The highest BCUT2D eigenvalue weighted by Gasteiger charge is 2.12. The summed E-state index contributed by atoms with van der Waals surface area (Å²) in [6.07, 6.45) is 3.03. The van der Waals surface area contributed by atoms with Crippen molar-refractivity contribution in [2.24, 2.45) is 0 Å². The molecule has 0 fully saturated rings. The Hall–Kier alpha value is -3.26. The summed E-state index contributed by atoms with van der Waals surface area (Å²) < 4.78 is 33.8. The molecular formula is C19H12F2N2O3S. The van der Waals surface area contributed by atoms with Crippen LogP contribution in [0, 0.1) is 11.6 Å². The fourth-order valence-corrected chi connectivity index (χ4v) is 3.66.